The molecule has 6 heteroatoms. The predicted molar refractivity (Wildman–Crippen MR) is 82.9 cm³/mol. The van der Waals surface area contributed by atoms with E-state index in [0.717, 1.165) is 18.6 Å². The third kappa shape index (κ3) is 2.59. The van der Waals surface area contributed by atoms with Gasteiger partial charge in [-0.2, -0.15) is 11.8 Å². The van der Waals surface area contributed by atoms with Gasteiger partial charge in [0.15, 0.2) is 0 Å². The van der Waals surface area contributed by atoms with Gasteiger partial charge >= 0.3 is 0 Å². The number of fused-ring (bicyclic) bond motifs is 1. The van der Waals surface area contributed by atoms with Crippen LogP contribution < -0.4 is 4.72 Å². The van der Waals surface area contributed by atoms with Crippen LogP contribution in [0.25, 0.3) is 0 Å². The smallest absolute Gasteiger partial charge is 0.263 e. The van der Waals surface area contributed by atoms with E-state index in [1.807, 2.05) is 23.9 Å². The van der Waals surface area contributed by atoms with E-state index in [1.54, 1.807) is 12.1 Å². The van der Waals surface area contributed by atoms with Crippen molar-refractivity contribution in [3.63, 3.8) is 0 Å². The van der Waals surface area contributed by atoms with Gasteiger partial charge in [-0.1, -0.05) is 19.1 Å². The lowest BCUT2D eigenvalue weighted by Crippen LogP contribution is -2.23. The van der Waals surface area contributed by atoms with Gasteiger partial charge < -0.3 is 0 Å². The third-order valence-electron chi connectivity index (χ3n) is 3.73. The molecule has 0 aromatic heterocycles. The van der Waals surface area contributed by atoms with Crippen LogP contribution in [0.4, 0.5) is 0 Å². The minimum absolute atomic E-state index is 0.239. The van der Waals surface area contributed by atoms with Crippen molar-refractivity contribution in [2.24, 2.45) is 4.99 Å². The van der Waals surface area contributed by atoms with Crippen LogP contribution in [0.1, 0.15) is 31.7 Å². The molecule has 2 unspecified atom stereocenters. The minimum atomic E-state index is -3.41. The van der Waals surface area contributed by atoms with Crippen molar-refractivity contribution in [3.05, 3.63) is 29.8 Å². The molecule has 1 fully saturated rings. The maximum atomic E-state index is 12.0. The number of hydrogen-bond donors (Lipinski definition) is 1. The molecule has 1 saturated carbocycles. The van der Waals surface area contributed by atoms with E-state index in [9.17, 15) is 8.42 Å². The standard InChI is InChI=1S/C14H18N2O2S2/c1-2-19-11-8-7-10(9-11)15-14-12-5-3-4-6-13(12)20(17,18)16-14/h3-6,10-11H,2,7-9H2,1H3,(H,15,16). The Morgan fingerprint density at radius 3 is 2.95 bits per heavy atom. The Bertz CT molecular complexity index is 640. The molecule has 1 aliphatic carbocycles. The average Bonchev–Trinajstić information content (AvgIpc) is 2.95. The van der Waals surface area contributed by atoms with Crippen LogP contribution in [0.5, 0.6) is 0 Å². The molecule has 2 atom stereocenters. The number of nitrogens with zero attached hydrogens (tertiary/aromatic N) is 1. The summed E-state index contributed by atoms with van der Waals surface area (Å²) in [5, 5.41) is 0.669. The van der Waals surface area contributed by atoms with Crippen LogP contribution in [-0.2, 0) is 10.0 Å². The van der Waals surface area contributed by atoms with E-state index in [0.29, 0.717) is 21.5 Å². The summed E-state index contributed by atoms with van der Waals surface area (Å²) in [4.78, 5) is 5.00. The van der Waals surface area contributed by atoms with Crippen LogP contribution in [0.2, 0.25) is 0 Å². The van der Waals surface area contributed by atoms with Gasteiger partial charge in [-0.3, -0.25) is 9.71 Å². The summed E-state index contributed by atoms with van der Waals surface area (Å²) in [6.07, 6.45) is 3.27. The number of nitrogens with one attached hydrogen (secondary N) is 1. The maximum absolute atomic E-state index is 12.0. The van der Waals surface area contributed by atoms with Crippen molar-refractivity contribution in [1.82, 2.24) is 4.72 Å². The highest BCUT2D eigenvalue weighted by Crippen LogP contribution is 2.32. The van der Waals surface area contributed by atoms with E-state index < -0.39 is 10.0 Å². The van der Waals surface area contributed by atoms with Crippen molar-refractivity contribution in [2.45, 2.75) is 42.4 Å². The number of benzene rings is 1. The molecule has 0 radical (unpaired) electrons. The monoisotopic (exact) mass is 310 g/mol. The van der Waals surface area contributed by atoms with Crippen LogP contribution >= 0.6 is 11.8 Å². The van der Waals surface area contributed by atoms with Crippen molar-refractivity contribution in [2.75, 3.05) is 5.75 Å². The highest BCUT2D eigenvalue weighted by atomic mass is 32.2. The molecule has 1 aromatic carbocycles. The van der Waals surface area contributed by atoms with Gasteiger partial charge in [-0.05, 0) is 37.1 Å². The molecule has 0 bridgehead atoms. The first kappa shape index (κ1) is 13.9. The van der Waals surface area contributed by atoms with Gasteiger partial charge in [-0.25, -0.2) is 8.42 Å². The molecule has 1 heterocycles. The highest BCUT2D eigenvalue weighted by Gasteiger charge is 2.32. The van der Waals surface area contributed by atoms with E-state index in [4.69, 9.17) is 0 Å². The number of thioether (sulfide) groups is 1. The Morgan fingerprint density at radius 1 is 1.35 bits per heavy atom. The minimum Gasteiger partial charge on any atom is -0.264 e. The molecule has 108 valence electrons. The predicted octanol–water partition coefficient (Wildman–Crippen LogP) is 2.40. The van der Waals surface area contributed by atoms with Crippen molar-refractivity contribution in [3.8, 4) is 0 Å². The first-order chi connectivity index (χ1) is 9.60. The molecule has 1 N–H and O–H groups in total. The summed E-state index contributed by atoms with van der Waals surface area (Å²) in [6.45, 7) is 2.17. The van der Waals surface area contributed by atoms with Gasteiger partial charge in [0, 0.05) is 10.8 Å². The number of amidine groups is 1. The fraction of sp³-hybridized carbons (Fsp3) is 0.500. The van der Waals surface area contributed by atoms with Gasteiger partial charge in [-0.15, -0.1) is 0 Å². The average molecular weight is 310 g/mol. The summed E-state index contributed by atoms with van der Waals surface area (Å²) in [5.74, 6) is 1.65. The molecule has 0 saturated heterocycles. The molecule has 20 heavy (non-hydrogen) atoms. The molecule has 1 aromatic rings. The SMILES string of the molecule is CCSC1CCC(N=C2NS(=O)(=O)c3ccccc32)C1. The van der Waals surface area contributed by atoms with E-state index in [-0.39, 0.29) is 6.04 Å². The van der Waals surface area contributed by atoms with Crippen LogP contribution in [0.15, 0.2) is 34.2 Å². The Kier molecular flexibility index (Phi) is 3.77. The fourth-order valence-corrected chi connectivity index (χ4v) is 5.21. The van der Waals surface area contributed by atoms with Crippen molar-refractivity contribution >= 4 is 27.6 Å². The van der Waals surface area contributed by atoms with Gasteiger partial charge in [0.1, 0.15) is 5.84 Å². The molecular formula is C14H18N2O2S2. The Balaban J connectivity index is 1.84. The summed E-state index contributed by atoms with van der Waals surface area (Å²) in [6, 6.07) is 7.28. The normalized spacial score (nSPS) is 29.4. The summed E-state index contributed by atoms with van der Waals surface area (Å²) in [7, 11) is -3.41. The zero-order valence-electron chi connectivity index (χ0n) is 11.4. The molecule has 2 aliphatic rings. The zero-order valence-corrected chi connectivity index (χ0v) is 13.0. The number of sulfonamides is 1. The highest BCUT2D eigenvalue weighted by molar-refractivity contribution is 7.99. The molecule has 0 amide bonds. The summed E-state index contributed by atoms with van der Waals surface area (Å²) < 4.78 is 26.6. The van der Waals surface area contributed by atoms with Crippen molar-refractivity contribution in [1.29, 1.82) is 0 Å². The van der Waals surface area contributed by atoms with E-state index in [1.165, 1.54) is 6.42 Å². The van der Waals surface area contributed by atoms with Gasteiger partial charge in [0.25, 0.3) is 10.0 Å². The fourth-order valence-electron chi connectivity index (χ4n) is 2.83. The van der Waals surface area contributed by atoms with E-state index in [2.05, 4.69) is 16.6 Å². The lowest BCUT2D eigenvalue weighted by Gasteiger charge is -2.07. The summed E-state index contributed by atoms with van der Waals surface area (Å²) >= 11 is 1.98. The van der Waals surface area contributed by atoms with Gasteiger partial charge in [0.2, 0.25) is 0 Å². The summed E-state index contributed by atoms with van der Waals surface area (Å²) in [5.41, 5.74) is 0.707. The zero-order chi connectivity index (χ0) is 14.2. The first-order valence-corrected chi connectivity index (χ1v) is 9.45. The first-order valence-electron chi connectivity index (χ1n) is 6.92. The lowest BCUT2D eigenvalue weighted by atomic mass is 10.2. The second kappa shape index (κ2) is 5.41. The third-order valence-corrected chi connectivity index (χ3v) is 6.36. The lowest BCUT2D eigenvalue weighted by molar-refractivity contribution is 0.595. The second-order valence-electron chi connectivity index (χ2n) is 5.12. The topological polar surface area (TPSA) is 58.5 Å². The van der Waals surface area contributed by atoms with Crippen LogP contribution in [-0.4, -0.2) is 31.3 Å². The molecule has 3 rings (SSSR count). The Labute approximate surface area is 124 Å². The molecule has 4 nitrogen and oxygen atoms in total. The second-order valence-corrected chi connectivity index (χ2v) is 8.35. The van der Waals surface area contributed by atoms with Crippen LogP contribution in [0.3, 0.4) is 0 Å². The number of aliphatic imine (C=N–C) groups is 1. The molecule has 1 aliphatic heterocycles. The number of hydrogen-bond acceptors (Lipinski definition) is 4. The largest absolute Gasteiger partial charge is 0.264 e. The maximum Gasteiger partial charge on any atom is 0.263 e. The quantitative estimate of drug-likeness (QED) is 0.932. The number of rotatable bonds is 3. The molecular weight excluding hydrogens is 292 g/mol. The van der Waals surface area contributed by atoms with Gasteiger partial charge in [0.05, 0.1) is 10.9 Å². The molecule has 0 spiro atoms. The Morgan fingerprint density at radius 2 is 2.15 bits per heavy atom. The Hall–Kier alpha value is -1.01. The van der Waals surface area contributed by atoms with Crippen LogP contribution in [0, 0.1) is 0 Å². The van der Waals surface area contributed by atoms with E-state index >= 15 is 0 Å². The van der Waals surface area contributed by atoms with Crippen molar-refractivity contribution < 1.29 is 8.42 Å².